The van der Waals surface area contributed by atoms with Gasteiger partial charge in [-0.3, -0.25) is 0 Å². The van der Waals surface area contributed by atoms with Gasteiger partial charge in [0.05, 0.1) is 5.56 Å². The van der Waals surface area contributed by atoms with Crippen molar-refractivity contribution in [1.82, 2.24) is 0 Å². The van der Waals surface area contributed by atoms with E-state index in [0.717, 1.165) is 19.3 Å². The summed E-state index contributed by atoms with van der Waals surface area (Å²) >= 11 is 0. The van der Waals surface area contributed by atoms with Crippen LogP contribution in [0.1, 0.15) is 30.4 Å². The lowest BCUT2D eigenvalue weighted by molar-refractivity contribution is 0.245. The summed E-state index contributed by atoms with van der Waals surface area (Å²) in [5, 5.41) is 27.8. The van der Waals surface area contributed by atoms with Gasteiger partial charge >= 0.3 is 0 Å². The Kier molecular flexibility index (Phi) is 2.06. The monoisotopic (exact) mass is 204 g/mol. The van der Waals surface area contributed by atoms with Crippen LogP contribution in [0.2, 0.25) is 0 Å². The quantitative estimate of drug-likeness (QED) is 0.643. The van der Waals surface area contributed by atoms with Crippen LogP contribution in [0.4, 0.5) is 0 Å². The van der Waals surface area contributed by atoms with Crippen molar-refractivity contribution in [3.8, 4) is 17.6 Å². The van der Waals surface area contributed by atoms with Crippen LogP contribution in [0.5, 0.6) is 11.5 Å². The fourth-order valence-corrected chi connectivity index (χ4v) is 1.89. The number of phenolic OH excluding ortho intramolecular Hbond substituents is 2. The molecule has 2 rings (SSSR count). The van der Waals surface area contributed by atoms with Crippen LogP contribution in [0.15, 0.2) is 12.1 Å². The standard InChI is InChI=1S/C11H12N2O2/c12-6-7-4-8(10(15)5-9(7)14)11(13)2-1-3-11/h4-5,14-15H,1-3,13H2. The molecule has 0 unspecified atom stereocenters. The minimum atomic E-state index is -0.524. The summed E-state index contributed by atoms with van der Waals surface area (Å²) < 4.78 is 0. The summed E-state index contributed by atoms with van der Waals surface area (Å²) in [5.74, 6) is -0.240. The maximum absolute atomic E-state index is 9.66. The molecule has 0 saturated heterocycles. The van der Waals surface area contributed by atoms with E-state index in [2.05, 4.69) is 0 Å². The number of rotatable bonds is 1. The number of hydrogen-bond donors (Lipinski definition) is 3. The van der Waals surface area contributed by atoms with Crippen molar-refractivity contribution >= 4 is 0 Å². The van der Waals surface area contributed by atoms with Crippen LogP contribution >= 0.6 is 0 Å². The molecule has 78 valence electrons. The molecule has 0 atom stereocenters. The molecule has 4 heteroatoms. The van der Waals surface area contributed by atoms with E-state index in [1.54, 1.807) is 0 Å². The average Bonchev–Trinajstić information content (AvgIpc) is 2.15. The van der Waals surface area contributed by atoms with Gasteiger partial charge in [-0.15, -0.1) is 0 Å². The van der Waals surface area contributed by atoms with Crippen molar-refractivity contribution in [2.45, 2.75) is 24.8 Å². The van der Waals surface area contributed by atoms with Gasteiger partial charge in [-0.05, 0) is 25.3 Å². The van der Waals surface area contributed by atoms with Gasteiger partial charge in [0.1, 0.15) is 17.6 Å². The molecule has 0 aliphatic heterocycles. The molecule has 0 radical (unpaired) electrons. The molecule has 4 nitrogen and oxygen atoms in total. The number of nitrogens with two attached hydrogens (primary N) is 1. The maximum Gasteiger partial charge on any atom is 0.137 e. The highest BCUT2D eigenvalue weighted by atomic mass is 16.3. The number of nitriles is 1. The van der Waals surface area contributed by atoms with Crippen molar-refractivity contribution in [2.75, 3.05) is 0 Å². The average molecular weight is 204 g/mol. The predicted molar refractivity (Wildman–Crippen MR) is 54.2 cm³/mol. The molecular weight excluding hydrogens is 192 g/mol. The molecule has 1 aliphatic rings. The summed E-state index contributed by atoms with van der Waals surface area (Å²) in [6.07, 6.45) is 2.63. The van der Waals surface area contributed by atoms with Crippen LogP contribution in [-0.4, -0.2) is 10.2 Å². The Morgan fingerprint density at radius 2 is 1.93 bits per heavy atom. The molecule has 0 spiro atoms. The molecule has 0 heterocycles. The van der Waals surface area contributed by atoms with Crippen molar-refractivity contribution in [3.63, 3.8) is 0 Å². The van der Waals surface area contributed by atoms with E-state index in [1.165, 1.54) is 12.1 Å². The van der Waals surface area contributed by atoms with Gasteiger partial charge in [0.25, 0.3) is 0 Å². The lowest BCUT2D eigenvalue weighted by Gasteiger charge is -2.39. The summed E-state index contributed by atoms with van der Waals surface area (Å²) in [7, 11) is 0. The van der Waals surface area contributed by atoms with Crippen molar-refractivity contribution in [2.24, 2.45) is 5.73 Å². The number of benzene rings is 1. The smallest absolute Gasteiger partial charge is 0.137 e. The lowest BCUT2D eigenvalue weighted by Crippen LogP contribution is -2.43. The lowest BCUT2D eigenvalue weighted by atomic mass is 9.72. The molecule has 1 saturated carbocycles. The fourth-order valence-electron chi connectivity index (χ4n) is 1.89. The van der Waals surface area contributed by atoms with Crippen LogP contribution in [0.25, 0.3) is 0 Å². The number of aromatic hydroxyl groups is 2. The molecule has 4 N–H and O–H groups in total. The van der Waals surface area contributed by atoms with Gasteiger partial charge in [0.15, 0.2) is 0 Å². The van der Waals surface area contributed by atoms with Gasteiger partial charge < -0.3 is 15.9 Å². The molecule has 1 aromatic carbocycles. The highest BCUT2D eigenvalue weighted by Gasteiger charge is 2.37. The van der Waals surface area contributed by atoms with Crippen molar-refractivity contribution in [3.05, 3.63) is 23.3 Å². The second-order valence-corrected chi connectivity index (χ2v) is 4.01. The largest absolute Gasteiger partial charge is 0.507 e. The van der Waals surface area contributed by atoms with Gasteiger partial charge in [-0.25, -0.2) is 0 Å². The first-order chi connectivity index (χ1) is 7.07. The van der Waals surface area contributed by atoms with E-state index in [9.17, 15) is 10.2 Å². The minimum absolute atomic E-state index is 0.0336. The van der Waals surface area contributed by atoms with Crippen LogP contribution in [-0.2, 0) is 5.54 Å². The topological polar surface area (TPSA) is 90.3 Å². The summed E-state index contributed by atoms with van der Waals surface area (Å²) in [6, 6.07) is 4.52. The Balaban J connectivity index is 2.53. The zero-order valence-corrected chi connectivity index (χ0v) is 8.20. The van der Waals surface area contributed by atoms with Crippen LogP contribution < -0.4 is 5.73 Å². The van der Waals surface area contributed by atoms with Gasteiger partial charge in [0.2, 0.25) is 0 Å². The zero-order chi connectivity index (χ0) is 11.1. The summed E-state index contributed by atoms with van der Waals surface area (Å²) in [4.78, 5) is 0. The van der Waals surface area contributed by atoms with E-state index in [0.29, 0.717) is 5.56 Å². The summed E-state index contributed by atoms with van der Waals surface area (Å²) in [5.41, 5.74) is 6.23. The Morgan fingerprint density at radius 3 is 2.40 bits per heavy atom. The minimum Gasteiger partial charge on any atom is -0.507 e. The highest BCUT2D eigenvalue weighted by molar-refractivity contribution is 5.53. The van der Waals surface area contributed by atoms with Gasteiger partial charge in [0, 0.05) is 17.2 Å². The zero-order valence-electron chi connectivity index (χ0n) is 8.20. The molecule has 1 aliphatic carbocycles. The highest BCUT2D eigenvalue weighted by Crippen LogP contribution is 2.44. The SMILES string of the molecule is N#Cc1cc(C2(N)CCC2)c(O)cc1O. The predicted octanol–water partition coefficient (Wildman–Crippen LogP) is 1.31. The Labute approximate surface area is 87.6 Å². The third-order valence-corrected chi connectivity index (χ3v) is 3.02. The molecule has 15 heavy (non-hydrogen) atoms. The second kappa shape index (κ2) is 3.14. The molecular formula is C11H12N2O2. The molecule has 1 fully saturated rings. The van der Waals surface area contributed by atoms with Crippen LogP contribution in [0, 0.1) is 11.3 Å². The fraction of sp³-hybridized carbons (Fsp3) is 0.364. The van der Waals surface area contributed by atoms with Gasteiger partial charge in [-0.2, -0.15) is 5.26 Å². The second-order valence-electron chi connectivity index (χ2n) is 4.01. The number of phenols is 2. The Hall–Kier alpha value is -1.73. The first kappa shape index (κ1) is 9.81. The van der Waals surface area contributed by atoms with E-state index < -0.39 is 5.54 Å². The Bertz CT molecular complexity index is 445. The first-order valence-corrected chi connectivity index (χ1v) is 4.82. The molecule has 0 aromatic heterocycles. The van der Waals surface area contributed by atoms with Gasteiger partial charge in [-0.1, -0.05) is 0 Å². The maximum atomic E-state index is 9.66. The molecule has 1 aromatic rings. The van der Waals surface area contributed by atoms with Crippen molar-refractivity contribution in [1.29, 1.82) is 5.26 Å². The van der Waals surface area contributed by atoms with E-state index in [1.807, 2.05) is 6.07 Å². The third kappa shape index (κ3) is 1.41. The normalized spacial score (nSPS) is 17.9. The summed E-state index contributed by atoms with van der Waals surface area (Å²) in [6.45, 7) is 0. The first-order valence-electron chi connectivity index (χ1n) is 4.82. The number of hydrogen-bond acceptors (Lipinski definition) is 4. The van der Waals surface area contributed by atoms with E-state index >= 15 is 0 Å². The number of nitrogens with zero attached hydrogens (tertiary/aromatic N) is 1. The van der Waals surface area contributed by atoms with Crippen molar-refractivity contribution < 1.29 is 10.2 Å². The third-order valence-electron chi connectivity index (χ3n) is 3.02. The van der Waals surface area contributed by atoms with E-state index in [-0.39, 0.29) is 17.1 Å². The molecule has 0 amide bonds. The molecule has 0 bridgehead atoms. The van der Waals surface area contributed by atoms with Crippen LogP contribution in [0.3, 0.4) is 0 Å². The Morgan fingerprint density at radius 1 is 1.27 bits per heavy atom. The van der Waals surface area contributed by atoms with E-state index in [4.69, 9.17) is 11.0 Å².